The van der Waals surface area contributed by atoms with Crippen LogP contribution in [0.15, 0.2) is 42.0 Å². The molecule has 2 heterocycles. The van der Waals surface area contributed by atoms with E-state index in [-0.39, 0.29) is 11.1 Å². The van der Waals surface area contributed by atoms with Gasteiger partial charge in [0.1, 0.15) is 17.7 Å². The van der Waals surface area contributed by atoms with Crippen molar-refractivity contribution in [2.75, 3.05) is 5.43 Å². The Balaban J connectivity index is 1.79. The SMILES string of the molecule is CC(C)(C)c1nc(N/N=C/c2ccc([N+](=O)[O-])cc2)sc1-n1cncn1. The monoisotopic (exact) mass is 371 g/mol. The lowest BCUT2D eigenvalue weighted by Gasteiger charge is -2.16. The molecule has 0 amide bonds. The van der Waals surface area contributed by atoms with E-state index in [9.17, 15) is 10.1 Å². The van der Waals surface area contributed by atoms with E-state index in [2.05, 4.69) is 46.4 Å². The van der Waals surface area contributed by atoms with E-state index < -0.39 is 4.92 Å². The number of hydrogen-bond acceptors (Lipinski definition) is 8. The van der Waals surface area contributed by atoms with E-state index in [4.69, 9.17) is 0 Å². The van der Waals surface area contributed by atoms with Gasteiger partial charge < -0.3 is 0 Å². The van der Waals surface area contributed by atoms with Crippen LogP contribution < -0.4 is 5.43 Å². The fourth-order valence-corrected chi connectivity index (χ4v) is 3.22. The average Bonchev–Trinajstić information content (AvgIpc) is 3.24. The summed E-state index contributed by atoms with van der Waals surface area (Å²) in [6, 6.07) is 6.13. The first-order chi connectivity index (χ1) is 12.3. The normalized spacial score (nSPS) is 11.8. The highest BCUT2D eigenvalue weighted by atomic mass is 32.1. The molecule has 26 heavy (non-hydrogen) atoms. The topological polar surface area (TPSA) is 111 Å². The van der Waals surface area contributed by atoms with Crippen LogP contribution in [0.1, 0.15) is 32.0 Å². The number of aromatic nitrogens is 4. The molecular weight excluding hydrogens is 354 g/mol. The highest BCUT2D eigenvalue weighted by Crippen LogP contribution is 2.34. The van der Waals surface area contributed by atoms with Gasteiger partial charge in [0.25, 0.3) is 5.69 Å². The number of nitro groups is 1. The number of rotatable bonds is 5. The number of nitrogens with one attached hydrogen (secondary N) is 1. The van der Waals surface area contributed by atoms with Gasteiger partial charge in [-0.2, -0.15) is 10.2 Å². The van der Waals surface area contributed by atoms with Gasteiger partial charge in [0.2, 0.25) is 5.13 Å². The van der Waals surface area contributed by atoms with Crippen LogP contribution in [0.5, 0.6) is 0 Å². The molecule has 10 heteroatoms. The second-order valence-electron chi connectivity index (χ2n) is 6.48. The van der Waals surface area contributed by atoms with Gasteiger partial charge in [0.15, 0.2) is 0 Å². The van der Waals surface area contributed by atoms with Gasteiger partial charge in [-0.1, -0.05) is 32.1 Å². The molecule has 0 saturated carbocycles. The van der Waals surface area contributed by atoms with Crippen LogP contribution in [0.25, 0.3) is 5.00 Å². The number of benzene rings is 1. The quantitative estimate of drug-likeness (QED) is 0.418. The summed E-state index contributed by atoms with van der Waals surface area (Å²) in [7, 11) is 0. The third-order valence-electron chi connectivity index (χ3n) is 3.42. The zero-order chi connectivity index (χ0) is 18.7. The van der Waals surface area contributed by atoms with Crippen molar-refractivity contribution in [3.63, 3.8) is 0 Å². The van der Waals surface area contributed by atoms with Crippen LogP contribution in [-0.2, 0) is 5.41 Å². The molecule has 0 unspecified atom stereocenters. The Kier molecular flexibility index (Phi) is 4.76. The minimum atomic E-state index is -0.436. The number of non-ortho nitro benzene ring substituents is 1. The second kappa shape index (κ2) is 7.00. The van der Waals surface area contributed by atoms with Crippen LogP contribution in [0.2, 0.25) is 0 Å². The Morgan fingerprint density at radius 1 is 1.31 bits per heavy atom. The second-order valence-corrected chi connectivity index (χ2v) is 7.46. The number of nitro benzene ring substituents is 1. The van der Waals surface area contributed by atoms with E-state index in [1.165, 1.54) is 29.8 Å². The van der Waals surface area contributed by atoms with Crippen molar-refractivity contribution >= 4 is 28.4 Å². The van der Waals surface area contributed by atoms with E-state index in [0.717, 1.165) is 16.3 Å². The van der Waals surface area contributed by atoms with E-state index >= 15 is 0 Å². The number of anilines is 1. The molecule has 0 aliphatic heterocycles. The number of hydrazone groups is 1. The largest absolute Gasteiger partial charge is 0.269 e. The van der Waals surface area contributed by atoms with Crippen molar-refractivity contribution in [2.24, 2.45) is 5.10 Å². The summed E-state index contributed by atoms with van der Waals surface area (Å²) in [4.78, 5) is 18.8. The lowest BCUT2D eigenvalue weighted by atomic mass is 9.92. The van der Waals surface area contributed by atoms with Gasteiger partial charge in [0.05, 0.1) is 16.8 Å². The molecule has 0 spiro atoms. The Bertz CT molecular complexity index is 925. The highest BCUT2D eigenvalue weighted by Gasteiger charge is 2.24. The first kappa shape index (κ1) is 17.7. The standard InChI is InChI=1S/C16H17N7O2S/c1-16(2,3)13-14(22-10-17-9-19-22)26-15(20-13)21-18-8-11-4-6-12(7-5-11)23(24)25/h4-10H,1-3H3,(H,20,21)/b18-8+. The van der Waals surface area contributed by atoms with Crippen LogP contribution >= 0.6 is 11.3 Å². The summed E-state index contributed by atoms with van der Waals surface area (Å²) >= 11 is 1.42. The van der Waals surface area contributed by atoms with Crippen molar-refractivity contribution in [1.82, 2.24) is 19.7 Å². The average molecular weight is 371 g/mol. The van der Waals surface area contributed by atoms with Gasteiger partial charge >= 0.3 is 0 Å². The Labute approximate surface area is 153 Å². The molecule has 0 aliphatic rings. The summed E-state index contributed by atoms with van der Waals surface area (Å²) in [6.07, 6.45) is 4.69. The molecular formula is C16H17N7O2S. The molecule has 2 aromatic heterocycles. The smallest absolute Gasteiger partial charge is 0.258 e. The molecule has 0 bridgehead atoms. The number of nitrogens with zero attached hydrogens (tertiary/aromatic N) is 6. The van der Waals surface area contributed by atoms with E-state index in [1.807, 2.05) is 0 Å². The fourth-order valence-electron chi connectivity index (χ4n) is 2.16. The lowest BCUT2D eigenvalue weighted by molar-refractivity contribution is -0.384. The first-order valence-electron chi connectivity index (χ1n) is 7.74. The van der Waals surface area contributed by atoms with Crippen molar-refractivity contribution in [1.29, 1.82) is 0 Å². The third-order valence-corrected chi connectivity index (χ3v) is 4.37. The van der Waals surface area contributed by atoms with Gasteiger partial charge in [0, 0.05) is 17.5 Å². The molecule has 3 aromatic rings. The molecule has 1 N–H and O–H groups in total. The Morgan fingerprint density at radius 2 is 2.04 bits per heavy atom. The zero-order valence-electron chi connectivity index (χ0n) is 14.4. The van der Waals surface area contributed by atoms with Gasteiger partial charge in [-0.15, -0.1) is 0 Å². The summed E-state index contributed by atoms with van der Waals surface area (Å²) in [5.74, 6) is 0. The van der Waals surface area contributed by atoms with Gasteiger partial charge in [-0.3, -0.25) is 15.5 Å². The van der Waals surface area contributed by atoms with Gasteiger partial charge in [-0.05, 0) is 17.7 Å². The zero-order valence-corrected chi connectivity index (χ0v) is 15.3. The van der Waals surface area contributed by atoms with Crippen LogP contribution in [0, 0.1) is 10.1 Å². The fraction of sp³-hybridized carbons (Fsp3) is 0.250. The molecule has 0 aliphatic carbocycles. The number of thiazole rings is 1. The summed E-state index contributed by atoms with van der Waals surface area (Å²) in [5.41, 5.74) is 4.42. The molecule has 134 valence electrons. The van der Waals surface area contributed by atoms with Crippen molar-refractivity contribution in [3.8, 4) is 5.00 Å². The molecule has 0 saturated heterocycles. The summed E-state index contributed by atoms with van der Waals surface area (Å²) in [5, 5.41) is 20.5. The Hall–Kier alpha value is -3.14. The van der Waals surface area contributed by atoms with E-state index in [0.29, 0.717) is 5.13 Å². The van der Waals surface area contributed by atoms with Crippen LogP contribution in [-0.4, -0.2) is 30.9 Å². The minimum Gasteiger partial charge on any atom is -0.258 e. The summed E-state index contributed by atoms with van der Waals surface area (Å²) < 4.78 is 1.68. The molecule has 0 atom stereocenters. The van der Waals surface area contributed by atoms with Gasteiger partial charge in [-0.25, -0.2) is 14.6 Å². The number of hydrogen-bond donors (Lipinski definition) is 1. The lowest BCUT2D eigenvalue weighted by Crippen LogP contribution is -2.15. The van der Waals surface area contributed by atoms with Crippen LogP contribution in [0.4, 0.5) is 10.8 Å². The third kappa shape index (κ3) is 3.91. The highest BCUT2D eigenvalue weighted by molar-refractivity contribution is 7.18. The Morgan fingerprint density at radius 3 is 2.62 bits per heavy atom. The van der Waals surface area contributed by atoms with Crippen molar-refractivity contribution in [2.45, 2.75) is 26.2 Å². The maximum Gasteiger partial charge on any atom is 0.269 e. The maximum atomic E-state index is 10.7. The van der Waals surface area contributed by atoms with Crippen LogP contribution in [0.3, 0.4) is 0 Å². The molecule has 1 aromatic carbocycles. The first-order valence-corrected chi connectivity index (χ1v) is 8.56. The van der Waals surface area contributed by atoms with Crippen molar-refractivity contribution in [3.05, 3.63) is 58.3 Å². The molecule has 0 fully saturated rings. The molecule has 9 nitrogen and oxygen atoms in total. The predicted octanol–water partition coefficient (Wildman–Crippen LogP) is 3.38. The molecule has 0 radical (unpaired) electrons. The maximum absolute atomic E-state index is 10.7. The predicted molar refractivity (Wildman–Crippen MR) is 100 cm³/mol. The molecule has 3 rings (SSSR count). The van der Waals surface area contributed by atoms with E-state index in [1.54, 1.807) is 29.4 Å². The van der Waals surface area contributed by atoms with Crippen molar-refractivity contribution < 1.29 is 4.92 Å². The summed E-state index contributed by atoms with van der Waals surface area (Å²) in [6.45, 7) is 6.23. The minimum absolute atomic E-state index is 0.0438.